The van der Waals surface area contributed by atoms with E-state index in [0.717, 1.165) is 44.9 Å². The fourth-order valence-corrected chi connectivity index (χ4v) is 6.01. The second-order valence-corrected chi connectivity index (χ2v) is 16.2. The van der Waals surface area contributed by atoms with E-state index in [1.807, 2.05) is 6.08 Å². The highest BCUT2D eigenvalue weighted by Gasteiger charge is 2.54. The Bertz CT molecular complexity index is 666. The van der Waals surface area contributed by atoms with Crippen molar-refractivity contribution in [2.45, 2.75) is 128 Å². The fourth-order valence-electron chi connectivity index (χ4n) is 4.67. The molecule has 5 nitrogen and oxygen atoms in total. The van der Waals surface area contributed by atoms with Crippen LogP contribution < -0.4 is 0 Å². The van der Waals surface area contributed by atoms with Gasteiger partial charge in [-0.3, -0.25) is 4.79 Å². The number of carboxylic acids is 1. The largest absolute Gasteiger partial charge is 0.481 e. The van der Waals surface area contributed by atoms with Gasteiger partial charge < -0.3 is 19.4 Å². The van der Waals surface area contributed by atoms with Gasteiger partial charge in [0.25, 0.3) is 0 Å². The predicted octanol–water partition coefficient (Wildman–Crippen LogP) is 6.48. The topological polar surface area (TPSA) is 76.0 Å². The molecule has 33 heavy (non-hydrogen) atoms. The van der Waals surface area contributed by atoms with Crippen LogP contribution in [0.25, 0.3) is 0 Å². The maximum Gasteiger partial charge on any atom is 0.303 e. The van der Waals surface area contributed by atoms with Gasteiger partial charge in [0.2, 0.25) is 0 Å². The molecule has 2 saturated heterocycles. The van der Waals surface area contributed by atoms with E-state index < -0.39 is 20.4 Å². The molecule has 0 aromatic carbocycles. The normalized spacial score (nSPS) is 28.9. The van der Waals surface area contributed by atoms with Crippen LogP contribution in [0.15, 0.2) is 24.3 Å². The number of carboxylic acid groups (broad SMARTS) is 1. The summed E-state index contributed by atoms with van der Waals surface area (Å²) in [4.78, 5) is 10.7. The summed E-state index contributed by atoms with van der Waals surface area (Å²) in [6.45, 7) is 13.6. The summed E-state index contributed by atoms with van der Waals surface area (Å²) in [5.74, 6) is -0.240. The van der Waals surface area contributed by atoms with E-state index in [9.17, 15) is 9.90 Å². The number of hydrogen-bond acceptors (Lipinski definition) is 4. The van der Waals surface area contributed by atoms with Crippen LogP contribution in [-0.4, -0.2) is 48.9 Å². The minimum Gasteiger partial charge on any atom is -0.481 e. The van der Waals surface area contributed by atoms with Gasteiger partial charge in [0.15, 0.2) is 8.32 Å². The molecule has 6 heteroatoms. The lowest BCUT2D eigenvalue weighted by Crippen LogP contribution is -2.48. The first-order chi connectivity index (χ1) is 15.5. The Morgan fingerprint density at radius 3 is 2.52 bits per heavy atom. The van der Waals surface area contributed by atoms with Gasteiger partial charge in [0.1, 0.15) is 0 Å². The average molecular weight is 481 g/mol. The molecular formula is C27H48O5Si. The average Bonchev–Trinajstić information content (AvgIpc) is 3.25. The summed E-state index contributed by atoms with van der Waals surface area (Å²) in [6.07, 6.45) is 16.3. The van der Waals surface area contributed by atoms with Crippen molar-refractivity contribution in [3.05, 3.63) is 24.3 Å². The monoisotopic (exact) mass is 480 g/mol. The van der Waals surface area contributed by atoms with Crippen LogP contribution in [0.5, 0.6) is 0 Å². The number of ether oxygens (including phenoxy) is 1. The van der Waals surface area contributed by atoms with Gasteiger partial charge in [0, 0.05) is 24.7 Å². The quantitative estimate of drug-likeness (QED) is 0.169. The summed E-state index contributed by atoms with van der Waals surface area (Å²) in [5, 5.41) is 19.4. The zero-order valence-electron chi connectivity index (χ0n) is 21.8. The highest BCUT2D eigenvalue weighted by atomic mass is 28.4. The van der Waals surface area contributed by atoms with Crippen molar-refractivity contribution >= 4 is 14.3 Å². The zero-order chi connectivity index (χ0) is 24.6. The van der Waals surface area contributed by atoms with Gasteiger partial charge in [-0.15, -0.1) is 0 Å². The van der Waals surface area contributed by atoms with Crippen LogP contribution in [0.2, 0.25) is 18.1 Å². The summed E-state index contributed by atoms with van der Waals surface area (Å²) in [6, 6.07) is 0. The van der Waals surface area contributed by atoms with Crippen molar-refractivity contribution in [1.29, 1.82) is 0 Å². The molecule has 0 spiro atoms. The number of aliphatic hydroxyl groups is 1. The van der Waals surface area contributed by atoms with Crippen LogP contribution in [0, 0.1) is 11.8 Å². The minimum atomic E-state index is -1.89. The Labute approximate surface area is 202 Å². The lowest BCUT2D eigenvalue weighted by atomic mass is 9.77. The van der Waals surface area contributed by atoms with Crippen molar-refractivity contribution in [2.75, 3.05) is 0 Å². The van der Waals surface area contributed by atoms with Crippen LogP contribution >= 0.6 is 0 Å². The van der Waals surface area contributed by atoms with E-state index >= 15 is 0 Å². The van der Waals surface area contributed by atoms with Crippen LogP contribution in [0.4, 0.5) is 0 Å². The smallest absolute Gasteiger partial charge is 0.303 e. The number of hydrogen-bond donors (Lipinski definition) is 2. The molecule has 2 N–H and O–H groups in total. The van der Waals surface area contributed by atoms with E-state index in [1.54, 1.807) is 0 Å². The van der Waals surface area contributed by atoms with Crippen molar-refractivity contribution in [3.63, 3.8) is 0 Å². The second kappa shape index (κ2) is 12.7. The summed E-state index contributed by atoms with van der Waals surface area (Å²) >= 11 is 0. The third kappa shape index (κ3) is 8.34. The number of rotatable bonds is 14. The Kier molecular flexibility index (Phi) is 10.9. The number of aliphatic hydroxyl groups excluding tert-OH is 1. The highest BCUT2D eigenvalue weighted by Crippen LogP contribution is 2.49. The maximum atomic E-state index is 10.7. The van der Waals surface area contributed by atoms with E-state index in [2.05, 4.69) is 59.0 Å². The van der Waals surface area contributed by atoms with Crippen LogP contribution in [-0.2, 0) is 14.0 Å². The Hall–Kier alpha value is -0.953. The van der Waals surface area contributed by atoms with Crippen LogP contribution in [0.3, 0.4) is 0 Å². The minimum absolute atomic E-state index is 0.0475. The molecule has 2 aliphatic heterocycles. The molecule has 2 heterocycles. The molecular weight excluding hydrogens is 432 g/mol. The SMILES string of the molecule is CCCCCC(O)C=C[C@H]1[C@@H](C=CCCCCC(=O)O)[C@@H]2O[C@H]1C[C@H]2O[Si](C)(C)C(C)(C)C. The van der Waals surface area contributed by atoms with Crippen molar-refractivity contribution in [2.24, 2.45) is 11.8 Å². The Balaban J connectivity index is 2.05. The molecule has 2 rings (SSSR count). The molecule has 0 aliphatic carbocycles. The van der Waals surface area contributed by atoms with E-state index in [4.69, 9.17) is 14.3 Å². The fraction of sp³-hybridized carbons (Fsp3) is 0.815. The molecule has 2 bridgehead atoms. The third-order valence-electron chi connectivity index (χ3n) is 7.70. The molecule has 2 aliphatic rings. The zero-order valence-corrected chi connectivity index (χ0v) is 22.8. The van der Waals surface area contributed by atoms with Gasteiger partial charge in [-0.05, 0) is 43.8 Å². The molecule has 0 radical (unpaired) electrons. The predicted molar refractivity (Wildman–Crippen MR) is 137 cm³/mol. The lowest BCUT2D eigenvalue weighted by molar-refractivity contribution is -0.137. The van der Waals surface area contributed by atoms with Gasteiger partial charge >= 0.3 is 5.97 Å². The first kappa shape index (κ1) is 28.3. The van der Waals surface area contributed by atoms with E-state index in [1.165, 1.54) is 0 Å². The van der Waals surface area contributed by atoms with Gasteiger partial charge in [-0.1, -0.05) is 71.3 Å². The molecule has 1 unspecified atom stereocenters. The Morgan fingerprint density at radius 2 is 1.88 bits per heavy atom. The first-order valence-corrected chi connectivity index (χ1v) is 15.9. The van der Waals surface area contributed by atoms with E-state index in [-0.39, 0.29) is 41.6 Å². The highest BCUT2D eigenvalue weighted by molar-refractivity contribution is 6.74. The third-order valence-corrected chi connectivity index (χ3v) is 12.2. The molecule has 0 aromatic heterocycles. The lowest BCUT2D eigenvalue weighted by Gasteiger charge is -2.41. The molecule has 190 valence electrons. The number of carbonyl (C=O) groups is 1. The number of fused-ring (bicyclic) bond motifs is 2. The Morgan fingerprint density at radius 1 is 1.15 bits per heavy atom. The molecule has 0 aromatic rings. The molecule has 2 fully saturated rings. The van der Waals surface area contributed by atoms with Crippen LogP contribution in [0.1, 0.15) is 85.5 Å². The van der Waals surface area contributed by atoms with Gasteiger partial charge in [-0.2, -0.15) is 0 Å². The van der Waals surface area contributed by atoms with E-state index in [0.29, 0.717) is 6.42 Å². The first-order valence-electron chi connectivity index (χ1n) is 13.0. The number of allylic oxidation sites excluding steroid dienone is 1. The van der Waals surface area contributed by atoms with Gasteiger partial charge in [0.05, 0.1) is 24.4 Å². The molecule has 0 amide bonds. The number of unbranched alkanes of at least 4 members (excludes halogenated alkanes) is 4. The summed E-state index contributed by atoms with van der Waals surface area (Å²) < 4.78 is 13.2. The second-order valence-electron chi connectivity index (χ2n) is 11.5. The summed E-state index contributed by atoms with van der Waals surface area (Å²) in [7, 11) is -1.89. The maximum absolute atomic E-state index is 10.7. The molecule has 0 saturated carbocycles. The molecule has 6 atom stereocenters. The van der Waals surface area contributed by atoms with Crippen molar-refractivity contribution < 1.29 is 24.2 Å². The summed E-state index contributed by atoms with van der Waals surface area (Å²) in [5.41, 5.74) is 0. The standard InChI is InChI=1S/C27H48O5Si/c1-7-8-11-14-20(28)17-18-21-22(15-12-9-10-13-16-25(29)30)26-24(19-23(21)31-26)32-33(5,6)27(2,3)4/h12,15,17-18,20-24,26,28H,7-11,13-14,16,19H2,1-6H3,(H,29,30)/t20?,21-,22+,23-,24+,26-/m0/s1. The van der Waals surface area contributed by atoms with Crippen molar-refractivity contribution in [3.8, 4) is 0 Å². The number of aliphatic carboxylic acids is 1. The van der Waals surface area contributed by atoms with Gasteiger partial charge in [-0.25, -0.2) is 0 Å². The van der Waals surface area contributed by atoms with Crippen molar-refractivity contribution in [1.82, 2.24) is 0 Å².